The van der Waals surface area contributed by atoms with Gasteiger partial charge >= 0.3 is 0 Å². The van der Waals surface area contributed by atoms with Crippen LogP contribution < -0.4 is 5.32 Å². The van der Waals surface area contributed by atoms with Gasteiger partial charge in [-0.2, -0.15) is 0 Å². The third-order valence-corrected chi connectivity index (χ3v) is 3.39. The van der Waals surface area contributed by atoms with Crippen molar-refractivity contribution < 1.29 is 10.2 Å². The predicted octanol–water partition coefficient (Wildman–Crippen LogP) is 0.700. The van der Waals surface area contributed by atoms with E-state index in [1.807, 2.05) is 30.3 Å². The number of aromatic nitrogens is 5. The van der Waals surface area contributed by atoms with Gasteiger partial charge in [0.2, 0.25) is 5.95 Å². The molecule has 0 unspecified atom stereocenters. The van der Waals surface area contributed by atoms with Crippen molar-refractivity contribution in [3.63, 3.8) is 0 Å². The maximum absolute atomic E-state index is 9.41. The number of aliphatic hydroxyl groups is 2. The van der Waals surface area contributed by atoms with Gasteiger partial charge in [-0.1, -0.05) is 35.5 Å². The van der Waals surface area contributed by atoms with Crippen LogP contribution in [0.4, 0.5) is 5.95 Å². The Hall–Kier alpha value is -2.84. The van der Waals surface area contributed by atoms with Crippen LogP contribution in [0.3, 0.4) is 0 Å². The van der Waals surface area contributed by atoms with Crippen molar-refractivity contribution >= 4 is 5.95 Å². The topological polar surface area (TPSA) is 109 Å². The molecule has 2 aromatic heterocycles. The summed E-state index contributed by atoms with van der Waals surface area (Å²) in [6, 6.07) is 10.00. The molecule has 0 aliphatic rings. The quantitative estimate of drug-likeness (QED) is 0.586. The molecule has 3 rings (SSSR count). The highest BCUT2D eigenvalue weighted by Gasteiger charge is 2.08. The second-order valence-electron chi connectivity index (χ2n) is 5.30. The molecule has 1 atom stereocenters. The fourth-order valence-corrected chi connectivity index (χ4v) is 2.12. The minimum absolute atomic E-state index is 0.182. The van der Waals surface area contributed by atoms with Crippen LogP contribution in [-0.4, -0.2) is 47.9 Å². The molecule has 8 heteroatoms. The Balaban J connectivity index is 1.62. The fraction of sp³-hybridized carbons (Fsp3) is 0.250. The van der Waals surface area contributed by atoms with Crippen molar-refractivity contribution in [1.82, 2.24) is 25.0 Å². The number of aliphatic hydroxyl groups excluding tert-OH is 2. The number of hydrogen-bond acceptors (Lipinski definition) is 7. The average molecular weight is 326 g/mol. The zero-order valence-electron chi connectivity index (χ0n) is 12.9. The largest absolute Gasteiger partial charge is 0.394 e. The summed E-state index contributed by atoms with van der Waals surface area (Å²) in [7, 11) is 0. The molecule has 124 valence electrons. The first-order valence-corrected chi connectivity index (χ1v) is 7.54. The van der Waals surface area contributed by atoms with Crippen LogP contribution in [0.15, 0.2) is 48.9 Å². The van der Waals surface area contributed by atoms with Crippen molar-refractivity contribution in [3.05, 3.63) is 54.5 Å². The maximum Gasteiger partial charge on any atom is 0.222 e. The summed E-state index contributed by atoms with van der Waals surface area (Å²) in [6.07, 6.45) is 4.14. The third-order valence-electron chi connectivity index (χ3n) is 3.39. The summed E-state index contributed by atoms with van der Waals surface area (Å²) in [6.45, 7) is 0.510. The minimum atomic E-state index is -0.861. The van der Waals surface area contributed by atoms with E-state index in [9.17, 15) is 5.11 Å². The van der Waals surface area contributed by atoms with Gasteiger partial charge in [0.1, 0.15) is 5.69 Å². The van der Waals surface area contributed by atoms with Crippen LogP contribution in [-0.2, 0) is 13.1 Å². The molecule has 1 aromatic carbocycles. The Morgan fingerprint density at radius 2 is 1.88 bits per heavy atom. The van der Waals surface area contributed by atoms with E-state index in [1.165, 1.54) is 4.68 Å². The summed E-state index contributed by atoms with van der Waals surface area (Å²) in [5, 5.41) is 29.3. The minimum Gasteiger partial charge on any atom is -0.394 e. The van der Waals surface area contributed by atoms with Gasteiger partial charge in [0.05, 0.1) is 25.5 Å². The van der Waals surface area contributed by atoms with Crippen LogP contribution in [0.25, 0.3) is 11.3 Å². The zero-order chi connectivity index (χ0) is 16.8. The molecule has 0 bridgehead atoms. The highest BCUT2D eigenvalue weighted by atomic mass is 16.3. The molecule has 0 spiro atoms. The molecule has 0 aliphatic heterocycles. The van der Waals surface area contributed by atoms with E-state index >= 15 is 0 Å². The van der Waals surface area contributed by atoms with Crippen LogP contribution in [0.1, 0.15) is 5.56 Å². The number of hydrogen-bond donors (Lipinski definition) is 3. The summed E-state index contributed by atoms with van der Waals surface area (Å²) in [5.74, 6) is 0.533. The molecular formula is C16H18N6O2. The first kappa shape index (κ1) is 16.0. The molecule has 3 aromatic rings. The third kappa shape index (κ3) is 4.12. The second-order valence-corrected chi connectivity index (χ2v) is 5.30. The highest BCUT2D eigenvalue weighted by molar-refractivity contribution is 5.55. The zero-order valence-corrected chi connectivity index (χ0v) is 12.9. The fourth-order valence-electron chi connectivity index (χ4n) is 2.12. The van der Waals surface area contributed by atoms with Crippen LogP contribution >= 0.6 is 0 Å². The Labute approximate surface area is 138 Å². The van der Waals surface area contributed by atoms with Crippen molar-refractivity contribution in [2.45, 2.75) is 19.2 Å². The van der Waals surface area contributed by atoms with E-state index in [0.717, 1.165) is 11.1 Å². The summed E-state index contributed by atoms with van der Waals surface area (Å²) >= 11 is 0. The van der Waals surface area contributed by atoms with Crippen LogP contribution in [0, 0.1) is 0 Å². The molecule has 24 heavy (non-hydrogen) atoms. The number of anilines is 1. The molecule has 2 heterocycles. The van der Waals surface area contributed by atoms with Gasteiger partial charge in [0.25, 0.3) is 0 Å². The highest BCUT2D eigenvalue weighted by Crippen LogP contribution is 2.15. The second kappa shape index (κ2) is 7.62. The number of nitrogens with zero attached hydrogens (tertiary/aromatic N) is 5. The molecular weight excluding hydrogens is 308 g/mol. The summed E-state index contributed by atoms with van der Waals surface area (Å²) in [4.78, 5) is 8.54. The van der Waals surface area contributed by atoms with E-state index < -0.39 is 6.10 Å². The molecule has 0 amide bonds. The lowest BCUT2D eigenvalue weighted by atomic mass is 10.2. The lowest BCUT2D eigenvalue weighted by Gasteiger charge is -2.05. The standard InChI is InChI=1S/C16H18N6O2/c23-11-14(24)9-22-10-15(20-21-22)13-7-18-16(19-8-13)17-6-12-4-2-1-3-5-12/h1-5,7-8,10,14,23-24H,6,9,11H2,(H,17,18,19)/t14-/m1/s1. The van der Waals surface area contributed by atoms with Gasteiger partial charge in [-0.3, -0.25) is 0 Å². The smallest absolute Gasteiger partial charge is 0.222 e. The number of nitrogens with one attached hydrogen (secondary N) is 1. The molecule has 0 saturated heterocycles. The normalized spacial score (nSPS) is 12.1. The van der Waals surface area contributed by atoms with Crippen molar-refractivity contribution in [2.75, 3.05) is 11.9 Å². The van der Waals surface area contributed by atoms with E-state index in [-0.39, 0.29) is 13.2 Å². The average Bonchev–Trinajstić information content (AvgIpc) is 3.09. The first-order chi connectivity index (χ1) is 11.7. The van der Waals surface area contributed by atoms with E-state index in [0.29, 0.717) is 18.2 Å². The lowest BCUT2D eigenvalue weighted by molar-refractivity contribution is 0.0778. The van der Waals surface area contributed by atoms with Crippen molar-refractivity contribution in [1.29, 1.82) is 0 Å². The molecule has 0 fully saturated rings. The van der Waals surface area contributed by atoms with E-state index in [2.05, 4.69) is 25.6 Å². The summed E-state index contributed by atoms with van der Waals surface area (Å²) < 4.78 is 1.47. The first-order valence-electron chi connectivity index (χ1n) is 7.54. The Morgan fingerprint density at radius 1 is 1.12 bits per heavy atom. The SMILES string of the molecule is OC[C@H](O)Cn1cc(-c2cnc(NCc3ccccc3)nc2)nn1. The van der Waals surface area contributed by atoms with Crippen molar-refractivity contribution in [2.24, 2.45) is 0 Å². The van der Waals surface area contributed by atoms with E-state index in [4.69, 9.17) is 5.11 Å². The van der Waals surface area contributed by atoms with Gasteiger partial charge in [-0.05, 0) is 5.56 Å². The lowest BCUT2D eigenvalue weighted by Crippen LogP contribution is -2.20. The van der Waals surface area contributed by atoms with Gasteiger partial charge in [0, 0.05) is 24.5 Å². The van der Waals surface area contributed by atoms with Gasteiger partial charge in [-0.25, -0.2) is 14.6 Å². The Morgan fingerprint density at radius 3 is 2.58 bits per heavy atom. The van der Waals surface area contributed by atoms with Gasteiger partial charge in [-0.15, -0.1) is 5.10 Å². The predicted molar refractivity (Wildman–Crippen MR) is 87.9 cm³/mol. The maximum atomic E-state index is 9.41. The monoisotopic (exact) mass is 326 g/mol. The van der Waals surface area contributed by atoms with Crippen LogP contribution in [0.2, 0.25) is 0 Å². The van der Waals surface area contributed by atoms with E-state index in [1.54, 1.807) is 18.6 Å². The Bertz CT molecular complexity index is 760. The van der Waals surface area contributed by atoms with Crippen LogP contribution in [0.5, 0.6) is 0 Å². The Kier molecular flexibility index (Phi) is 5.09. The van der Waals surface area contributed by atoms with Gasteiger partial charge < -0.3 is 15.5 Å². The molecule has 0 saturated carbocycles. The number of benzene rings is 1. The molecule has 3 N–H and O–H groups in total. The van der Waals surface area contributed by atoms with Gasteiger partial charge in [0.15, 0.2) is 0 Å². The van der Waals surface area contributed by atoms with Crippen molar-refractivity contribution in [3.8, 4) is 11.3 Å². The number of rotatable bonds is 7. The molecule has 8 nitrogen and oxygen atoms in total. The molecule has 0 radical (unpaired) electrons. The molecule has 0 aliphatic carbocycles. The summed E-state index contributed by atoms with van der Waals surface area (Å²) in [5.41, 5.74) is 2.48.